The molecule has 21 heavy (non-hydrogen) atoms. The maximum absolute atomic E-state index is 12.7. The normalized spacial score (nSPS) is 16.8. The molecule has 1 aliphatic rings. The van der Waals surface area contributed by atoms with Crippen molar-refractivity contribution in [2.75, 3.05) is 11.5 Å². The van der Waals surface area contributed by atoms with Crippen molar-refractivity contribution in [3.63, 3.8) is 0 Å². The van der Waals surface area contributed by atoms with Crippen molar-refractivity contribution in [3.8, 4) is 11.8 Å². The van der Waals surface area contributed by atoms with Crippen molar-refractivity contribution in [1.29, 1.82) is 0 Å². The number of imide groups is 1. The first-order valence-corrected chi connectivity index (χ1v) is 7.15. The van der Waals surface area contributed by atoms with Crippen LogP contribution in [-0.4, -0.2) is 23.5 Å². The molecule has 0 bridgehead atoms. The van der Waals surface area contributed by atoms with Crippen LogP contribution in [0.3, 0.4) is 0 Å². The number of hydrogen-bond acceptors (Lipinski definition) is 3. The Hall–Kier alpha value is -2.12. The molecule has 0 unspecified atom stereocenters. The van der Waals surface area contributed by atoms with E-state index in [9.17, 15) is 9.59 Å². The molecule has 1 aromatic rings. The number of carbonyl (C=O) groups is 2. The fourth-order valence-corrected chi connectivity index (χ4v) is 2.75. The minimum absolute atomic E-state index is 0.143. The number of amides is 2. The highest BCUT2D eigenvalue weighted by atomic mass is 16.2. The molecular weight excluding hydrogens is 266 g/mol. The van der Waals surface area contributed by atoms with Crippen molar-refractivity contribution in [3.05, 3.63) is 29.8 Å². The molecule has 2 rings (SSSR count). The van der Waals surface area contributed by atoms with Crippen LogP contribution in [-0.2, 0) is 9.59 Å². The smallest absolute Gasteiger partial charge is 0.240 e. The minimum Gasteiger partial charge on any atom is -0.384 e. The average molecular weight is 285 g/mol. The highest BCUT2D eigenvalue weighted by molar-refractivity contribution is 6.23. The number of hydrogen-bond donors (Lipinski definition) is 1. The number of anilines is 1. The quantitative estimate of drug-likeness (QED) is 0.683. The van der Waals surface area contributed by atoms with Gasteiger partial charge in [0, 0.05) is 12.0 Å². The molecule has 1 N–H and O–H groups in total. The van der Waals surface area contributed by atoms with E-state index in [0.717, 1.165) is 0 Å². The van der Waals surface area contributed by atoms with Crippen LogP contribution in [0.25, 0.3) is 0 Å². The lowest BCUT2D eigenvalue weighted by Gasteiger charge is -2.24. The monoisotopic (exact) mass is 285 g/mol. The van der Waals surface area contributed by atoms with Crippen molar-refractivity contribution in [1.82, 2.24) is 0 Å². The van der Waals surface area contributed by atoms with Gasteiger partial charge in [-0.1, -0.05) is 37.8 Å². The molecule has 0 spiro atoms. The zero-order chi connectivity index (χ0) is 15.5. The molecule has 1 heterocycles. The second-order valence-electron chi connectivity index (χ2n) is 5.18. The summed E-state index contributed by atoms with van der Waals surface area (Å²) in [5.41, 5.74) is 0.502. The van der Waals surface area contributed by atoms with Crippen LogP contribution in [0.2, 0.25) is 0 Å². The molecule has 0 saturated carbocycles. The van der Waals surface area contributed by atoms with Gasteiger partial charge >= 0.3 is 0 Å². The number of carbonyl (C=O) groups excluding carboxylic acids is 2. The van der Waals surface area contributed by atoms with Gasteiger partial charge < -0.3 is 5.11 Å². The molecule has 4 nitrogen and oxygen atoms in total. The largest absolute Gasteiger partial charge is 0.384 e. The molecule has 4 heteroatoms. The molecule has 0 aliphatic carbocycles. The Morgan fingerprint density at radius 1 is 1.24 bits per heavy atom. The number of aliphatic hydroxyl groups is 1. The fraction of sp³-hybridized carbons (Fsp3) is 0.412. The van der Waals surface area contributed by atoms with Crippen LogP contribution in [0.5, 0.6) is 0 Å². The third-order valence-electron chi connectivity index (χ3n) is 4.20. The first-order valence-electron chi connectivity index (χ1n) is 7.15. The van der Waals surface area contributed by atoms with Gasteiger partial charge in [-0.2, -0.15) is 0 Å². The van der Waals surface area contributed by atoms with Crippen LogP contribution in [0.15, 0.2) is 24.3 Å². The molecule has 0 radical (unpaired) electrons. The van der Waals surface area contributed by atoms with Gasteiger partial charge in [-0.15, -0.1) is 0 Å². The van der Waals surface area contributed by atoms with Crippen LogP contribution >= 0.6 is 0 Å². The zero-order valence-electron chi connectivity index (χ0n) is 12.3. The summed E-state index contributed by atoms with van der Waals surface area (Å²) in [6, 6.07) is 7.04. The predicted octanol–water partition coefficient (Wildman–Crippen LogP) is 2.10. The summed E-state index contributed by atoms with van der Waals surface area (Å²) in [7, 11) is 0. The minimum atomic E-state index is -0.589. The predicted molar refractivity (Wildman–Crippen MR) is 80.5 cm³/mol. The Kier molecular flexibility index (Phi) is 4.44. The Bertz CT molecular complexity index is 620. The number of rotatable bonds is 3. The lowest BCUT2D eigenvalue weighted by molar-refractivity contribution is -0.126. The van der Waals surface area contributed by atoms with E-state index in [1.54, 1.807) is 24.3 Å². The maximum atomic E-state index is 12.7. The zero-order valence-corrected chi connectivity index (χ0v) is 12.3. The number of aliphatic hydroxyl groups excluding tert-OH is 1. The molecule has 0 aromatic heterocycles. The molecular formula is C17H19NO3. The summed E-state index contributed by atoms with van der Waals surface area (Å²) in [4.78, 5) is 26.3. The summed E-state index contributed by atoms with van der Waals surface area (Å²) in [5, 5.41) is 8.83. The third kappa shape index (κ3) is 2.57. The van der Waals surface area contributed by atoms with Gasteiger partial charge in [0.1, 0.15) is 6.61 Å². The SMILES string of the molecule is CCC1(CC)CC(=O)N(c2ccccc2C#CCO)C1=O. The standard InChI is InChI=1S/C17H19NO3/c1-3-17(4-2)12-15(20)18(16(17)21)14-10-6-5-8-13(14)9-7-11-19/h5-6,8,10,19H,3-4,11-12H2,1-2H3. The average Bonchev–Trinajstić information content (AvgIpc) is 2.76. The molecule has 0 atom stereocenters. The van der Waals surface area contributed by atoms with Crippen LogP contribution in [0, 0.1) is 17.3 Å². The second-order valence-corrected chi connectivity index (χ2v) is 5.18. The number of nitrogens with zero attached hydrogens (tertiary/aromatic N) is 1. The Morgan fingerprint density at radius 2 is 1.90 bits per heavy atom. The molecule has 1 aliphatic heterocycles. The van der Waals surface area contributed by atoms with E-state index < -0.39 is 5.41 Å². The highest BCUT2D eigenvalue weighted by Gasteiger charge is 2.49. The van der Waals surface area contributed by atoms with Crippen molar-refractivity contribution in [2.45, 2.75) is 33.1 Å². The van der Waals surface area contributed by atoms with Crippen LogP contribution in [0.4, 0.5) is 5.69 Å². The Labute approximate surface area is 124 Å². The van der Waals surface area contributed by atoms with Gasteiger partial charge in [-0.05, 0) is 25.0 Å². The van der Waals surface area contributed by atoms with Gasteiger partial charge in [-0.25, -0.2) is 4.90 Å². The summed E-state index contributed by atoms with van der Waals surface area (Å²) in [6.45, 7) is 3.62. The van der Waals surface area contributed by atoms with Gasteiger partial charge in [0.15, 0.2) is 0 Å². The van der Waals surface area contributed by atoms with Crippen molar-refractivity contribution < 1.29 is 14.7 Å². The van der Waals surface area contributed by atoms with E-state index in [0.29, 0.717) is 24.1 Å². The van der Waals surface area contributed by atoms with Crippen LogP contribution in [0.1, 0.15) is 38.7 Å². The topological polar surface area (TPSA) is 57.6 Å². The first kappa shape index (κ1) is 15.3. The molecule has 110 valence electrons. The van der Waals surface area contributed by atoms with Gasteiger partial charge in [0.2, 0.25) is 11.8 Å². The van der Waals surface area contributed by atoms with E-state index in [4.69, 9.17) is 5.11 Å². The first-order chi connectivity index (χ1) is 10.1. The second kappa shape index (κ2) is 6.11. The van der Waals surface area contributed by atoms with E-state index in [1.807, 2.05) is 13.8 Å². The lowest BCUT2D eigenvalue weighted by atomic mass is 9.81. The van der Waals surface area contributed by atoms with Crippen LogP contribution < -0.4 is 4.90 Å². The summed E-state index contributed by atoms with van der Waals surface area (Å²) in [6.07, 6.45) is 1.55. The van der Waals surface area contributed by atoms with Gasteiger partial charge in [0.05, 0.1) is 11.1 Å². The summed E-state index contributed by atoms with van der Waals surface area (Å²) < 4.78 is 0. The summed E-state index contributed by atoms with van der Waals surface area (Å²) >= 11 is 0. The third-order valence-corrected chi connectivity index (χ3v) is 4.20. The molecule has 1 aromatic carbocycles. The van der Waals surface area contributed by atoms with E-state index in [1.165, 1.54) is 4.90 Å². The number of benzene rings is 1. The van der Waals surface area contributed by atoms with E-state index in [2.05, 4.69) is 11.8 Å². The maximum Gasteiger partial charge on any atom is 0.240 e. The van der Waals surface area contributed by atoms with Crippen molar-refractivity contribution in [2.24, 2.45) is 5.41 Å². The molecule has 1 saturated heterocycles. The van der Waals surface area contributed by atoms with E-state index in [-0.39, 0.29) is 24.8 Å². The van der Waals surface area contributed by atoms with Gasteiger partial charge in [-0.3, -0.25) is 9.59 Å². The fourth-order valence-electron chi connectivity index (χ4n) is 2.75. The summed E-state index contributed by atoms with van der Waals surface area (Å²) in [5.74, 6) is 5.04. The van der Waals surface area contributed by atoms with E-state index >= 15 is 0 Å². The molecule has 2 amide bonds. The van der Waals surface area contributed by atoms with Crippen molar-refractivity contribution >= 4 is 17.5 Å². The molecule has 1 fully saturated rings. The lowest BCUT2D eigenvalue weighted by Crippen LogP contribution is -2.35. The number of para-hydroxylation sites is 1. The Morgan fingerprint density at radius 3 is 2.48 bits per heavy atom. The van der Waals surface area contributed by atoms with Gasteiger partial charge in [0.25, 0.3) is 0 Å². The highest BCUT2D eigenvalue weighted by Crippen LogP contribution is 2.41. The Balaban J connectivity index is 2.48.